The average Bonchev–Trinajstić information content (AvgIpc) is 3.36. The molecular weight excluding hydrogens is 380 g/mol. The third-order valence-corrected chi connectivity index (χ3v) is 6.98. The summed E-state index contributed by atoms with van der Waals surface area (Å²) in [5.41, 5.74) is 11.3. The summed E-state index contributed by atoms with van der Waals surface area (Å²) >= 11 is 1.62. The third kappa shape index (κ3) is 3.71. The van der Waals surface area contributed by atoms with Crippen LogP contribution in [0.2, 0.25) is 0 Å². The minimum Gasteiger partial charge on any atom is -0.326 e. The number of benzene rings is 2. The number of fused-ring (bicyclic) bond motifs is 2. The van der Waals surface area contributed by atoms with Crippen molar-refractivity contribution in [3.8, 4) is 0 Å². The van der Waals surface area contributed by atoms with Crippen LogP contribution in [0.25, 0.3) is 0 Å². The van der Waals surface area contributed by atoms with Crippen LogP contribution in [0.3, 0.4) is 0 Å². The lowest BCUT2D eigenvalue weighted by atomic mass is 9.96. The number of carbonyl (C=O) groups excluding carboxylic acids is 1. The Kier molecular flexibility index (Phi) is 4.91. The van der Waals surface area contributed by atoms with Crippen molar-refractivity contribution >= 4 is 22.4 Å². The number of aryl methyl sites for hydroxylation is 1. The number of anilines is 1. The standard InChI is InChI=1S/C23H24N4OS/c24-12-15-4-3-7-16(10-15)22(28)26-23-25-20-9-8-19(11-21(20)29-23)27-13-17-5-1-2-6-18(17)14-27/h1-7,10,19H,8-9,11-14,24H2,(H,25,26,28)/t19-/m0/s1. The van der Waals surface area contributed by atoms with Crippen LogP contribution in [-0.4, -0.2) is 21.8 Å². The lowest BCUT2D eigenvalue weighted by Crippen LogP contribution is -2.35. The molecule has 0 radical (unpaired) electrons. The highest BCUT2D eigenvalue weighted by Crippen LogP contribution is 2.34. The second-order valence-electron chi connectivity index (χ2n) is 7.82. The van der Waals surface area contributed by atoms with Crippen molar-refractivity contribution in [1.29, 1.82) is 0 Å². The van der Waals surface area contributed by atoms with Crippen molar-refractivity contribution in [2.24, 2.45) is 5.73 Å². The van der Waals surface area contributed by atoms with Crippen LogP contribution in [0.5, 0.6) is 0 Å². The fourth-order valence-corrected chi connectivity index (χ4v) is 5.42. The van der Waals surface area contributed by atoms with Crippen LogP contribution in [0.4, 0.5) is 5.13 Å². The first-order valence-electron chi connectivity index (χ1n) is 10.1. The molecule has 6 heteroatoms. The maximum atomic E-state index is 12.6. The van der Waals surface area contributed by atoms with E-state index in [4.69, 9.17) is 10.7 Å². The van der Waals surface area contributed by atoms with E-state index in [0.717, 1.165) is 43.6 Å². The molecule has 0 spiro atoms. The maximum Gasteiger partial charge on any atom is 0.257 e. The minimum absolute atomic E-state index is 0.127. The summed E-state index contributed by atoms with van der Waals surface area (Å²) in [5, 5.41) is 3.68. The first-order valence-corrected chi connectivity index (χ1v) is 10.9. The van der Waals surface area contributed by atoms with Crippen LogP contribution in [0, 0.1) is 0 Å². The zero-order valence-corrected chi connectivity index (χ0v) is 17.0. The Morgan fingerprint density at radius 2 is 1.97 bits per heavy atom. The van der Waals surface area contributed by atoms with Gasteiger partial charge in [0.15, 0.2) is 5.13 Å². The van der Waals surface area contributed by atoms with Crippen LogP contribution in [0.15, 0.2) is 48.5 Å². The van der Waals surface area contributed by atoms with Gasteiger partial charge < -0.3 is 5.73 Å². The largest absolute Gasteiger partial charge is 0.326 e. The van der Waals surface area contributed by atoms with Crippen molar-refractivity contribution in [3.63, 3.8) is 0 Å². The molecule has 5 rings (SSSR count). The molecule has 0 saturated heterocycles. The summed E-state index contributed by atoms with van der Waals surface area (Å²) in [4.78, 5) is 21.2. The van der Waals surface area contributed by atoms with Gasteiger partial charge in [0, 0.05) is 36.1 Å². The van der Waals surface area contributed by atoms with Crippen LogP contribution >= 0.6 is 11.3 Å². The second kappa shape index (κ2) is 7.71. The fourth-order valence-electron chi connectivity index (χ4n) is 4.35. The molecule has 1 aliphatic heterocycles. The quantitative estimate of drug-likeness (QED) is 0.695. The zero-order valence-electron chi connectivity index (χ0n) is 16.2. The molecule has 0 fully saturated rings. The smallest absolute Gasteiger partial charge is 0.257 e. The predicted molar refractivity (Wildman–Crippen MR) is 116 cm³/mol. The van der Waals surface area contributed by atoms with Crippen molar-refractivity contribution in [3.05, 3.63) is 81.4 Å². The molecule has 5 nitrogen and oxygen atoms in total. The molecule has 148 valence electrons. The molecule has 0 bridgehead atoms. The molecule has 0 unspecified atom stereocenters. The number of nitrogens with one attached hydrogen (secondary N) is 1. The SMILES string of the molecule is NCc1cccc(C(=O)Nc2nc3c(s2)C[C@@H](N2Cc4ccccc4C2)CC3)c1. The van der Waals surface area contributed by atoms with Crippen molar-refractivity contribution < 1.29 is 4.79 Å². The Hall–Kier alpha value is -2.54. The number of aromatic nitrogens is 1. The van der Waals surface area contributed by atoms with Crippen LogP contribution in [0.1, 0.15) is 44.0 Å². The van der Waals surface area contributed by atoms with Gasteiger partial charge in [0.05, 0.1) is 5.69 Å². The van der Waals surface area contributed by atoms with Crippen molar-refractivity contribution in [2.45, 2.75) is 44.9 Å². The average molecular weight is 405 g/mol. The Labute approximate surface area is 174 Å². The van der Waals surface area contributed by atoms with Gasteiger partial charge in [0.25, 0.3) is 5.91 Å². The Morgan fingerprint density at radius 1 is 1.17 bits per heavy atom. The topological polar surface area (TPSA) is 71.2 Å². The van der Waals surface area contributed by atoms with Gasteiger partial charge in [0.1, 0.15) is 0 Å². The Bertz CT molecular complexity index is 1040. The van der Waals surface area contributed by atoms with Gasteiger partial charge in [-0.15, -0.1) is 11.3 Å². The number of hydrogen-bond donors (Lipinski definition) is 2. The molecular formula is C23H24N4OS. The molecule has 0 saturated carbocycles. The predicted octanol–water partition coefficient (Wildman–Crippen LogP) is 3.73. The van der Waals surface area contributed by atoms with E-state index in [0.29, 0.717) is 23.3 Å². The van der Waals surface area contributed by atoms with Gasteiger partial charge >= 0.3 is 0 Å². The van der Waals surface area contributed by atoms with E-state index in [1.807, 2.05) is 24.3 Å². The highest BCUT2D eigenvalue weighted by Gasteiger charge is 2.30. The van der Waals surface area contributed by atoms with Gasteiger partial charge in [-0.05, 0) is 48.1 Å². The highest BCUT2D eigenvalue weighted by molar-refractivity contribution is 7.15. The lowest BCUT2D eigenvalue weighted by Gasteiger charge is -2.30. The van der Waals surface area contributed by atoms with Gasteiger partial charge in [-0.25, -0.2) is 4.98 Å². The number of rotatable bonds is 4. The molecule has 2 heterocycles. The van der Waals surface area contributed by atoms with E-state index < -0.39 is 0 Å². The fraction of sp³-hybridized carbons (Fsp3) is 0.304. The van der Waals surface area contributed by atoms with Crippen LogP contribution in [-0.2, 0) is 32.5 Å². The Morgan fingerprint density at radius 3 is 2.72 bits per heavy atom. The number of hydrogen-bond acceptors (Lipinski definition) is 5. The normalized spacial score (nSPS) is 18.3. The second-order valence-corrected chi connectivity index (χ2v) is 8.90. The zero-order chi connectivity index (χ0) is 19.8. The molecule has 1 aliphatic carbocycles. The van der Waals surface area contributed by atoms with E-state index in [1.54, 1.807) is 11.3 Å². The Balaban J connectivity index is 1.27. The molecule has 29 heavy (non-hydrogen) atoms. The number of thiazole rings is 1. The molecule has 3 N–H and O–H groups in total. The summed E-state index contributed by atoms with van der Waals surface area (Å²) in [6, 6.07) is 16.7. The van der Waals surface area contributed by atoms with Crippen molar-refractivity contribution in [2.75, 3.05) is 5.32 Å². The molecule has 1 amide bonds. The summed E-state index contributed by atoms with van der Waals surface area (Å²) in [5.74, 6) is -0.127. The number of amides is 1. The molecule has 1 atom stereocenters. The van der Waals surface area contributed by atoms with Gasteiger partial charge in [-0.3, -0.25) is 15.0 Å². The molecule has 2 aromatic carbocycles. The summed E-state index contributed by atoms with van der Waals surface area (Å²) in [6.45, 7) is 2.50. The van der Waals surface area contributed by atoms with Gasteiger partial charge in [-0.2, -0.15) is 0 Å². The molecule has 2 aliphatic rings. The molecule has 1 aromatic heterocycles. The molecule has 3 aromatic rings. The number of nitrogens with two attached hydrogens (primary N) is 1. The van der Waals surface area contributed by atoms with E-state index >= 15 is 0 Å². The lowest BCUT2D eigenvalue weighted by molar-refractivity contribution is 0.102. The van der Waals surface area contributed by atoms with Crippen LogP contribution < -0.4 is 11.1 Å². The first-order chi connectivity index (χ1) is 14.2. The van der Waals surface area contributed by atoms with E-state index in [9.17, 15) is 4.79 Å². The number of carbonyl (C=O) groups is 1. The highest BCUT2D eigenvalue weighted by atomic mass is 32.1. The van der Waals surface area contributed by atoms with Gasteiger partial charge in [0.2, 0.25) is 0 Å². The summed E-state index contributed by atoms with van der Waals surface area (Å²) in [7, 11) is 0. The summed E-state index contributed by atoms with van der Waals surface area (Å²) in [6.07, 6.45) is 3.11. The van der Waals surface area contributed by atoms with E-state index in [1.165, 1.54) is 16.0 Å². The van der Waals surface area contributed by atoms with E-state index in [-0.39, 0.29) is 5.91 Å². The van der Waals surface area contributed by atoms with Gasteiger partial charge in [-0.1, -0.05) is 36.4 Å². The monoisotopic (exact) mass is 404 g/mol. The van der Waals surface area contributed by atoms with Crippen molar-refractivity contribution in [1.82, 2.24) is 9.88 Å². The maximum absolute atomic E-state index is 12.6. The first kappa shape index (κ1) is 18.5. The number of nitrogens with zero attached hydrogens (tertiary/aromatic N) is 2. The minimum atomic E-state index is -0.127. The third-order valence-electron chi connectivity index (χ3n) is 5.94. The summed E-state index contributed by atoms with van der Waals surface area (Å²) < 4.78 is 0. The van der Waals surface area contributed by atoms with E-state index in [2.05, 4.69) is 34.5 Å².